The fraction of sp³-hybridized carbons (Fsp3) is 0.750. The van der Waals surface area contributed by atoms with E-state index >= 15 is 0 Å². The van der Waals surface area contributed by atoms with E-state index in [-0.39, 0.29) is 0 Å². The average molecular weight is 168 g/mol. The molecule has 68 valence electrons. The minimum Gasteiger partial charge on any atom is -0.366 e. The molecule has 0 aliphatic carbocycles. The van der Waals surface area contributed by atoms with Crippen LogP contribution in [-0.4, -0.2) is 56.3 Å². The van der Waals surface area contributed by atoms with Crippen molar-refractivity contribution in [1.29, 1.82) is 0 Å². The zero-order chi connectivity index (χ0) is 9.14. The van der Waals surface area contributed by atoms with E-state index in [1.165, 1.54) is 0 Å². The Morgan fingerprint density at radius 1 is 1.08 bits per heavy atom. The first-order chi connectivity index (χ1) is 5.61. The van der Waals surface area contributed by atoms with Crippen LogP contribution in [-0.2, 0) is 0 Å². The number of aliphatic imine (C=N–C) groups is 2. The third kappa shape index (κ3) is 1.96. The van der Waals surface area contributed by atoms with Gasteiger partial charge in [0.2, 0.25) is 5.96 Å². The Bertz CT molecular complexity index is 215. The van der Waals surface area contributed by atoms with E-state index in [2.05, 4.69) is 9.98 Å². The molecule has 0 N–H and O–H groups in total. The SMILES string of the molecule is CN(C)C1=NC(N(C)C)=NCC1. The molecule has 0 saturated heterocycles. The molecule has 0 aromatic heterocycles. The van der Waals surface area contributed by atoms with Crippen LogP contribution in [0.1, 0.15) is 6.42 Å². The second-order valence-electron chi connectivity index (χ2n) is 3.25. The molecule has 0 spiro atoms. The Labute approximate surface area is 73.6 Å². The Balaban J connectivity index is 2.74. The van der Waals surface area contributed by atoms with Crippen molar-refractivity contribution < 1.29 is 0 Å². The molecule has 0 bridgehead atoms. The molecule has 4 nitrogen and oxygen atoms in total. The lowest BCUT2D eigenvalue weighted by molar-refractivity contribution is 0.575. The summed E-state index contributed by atoms with van der Waals surface area (Å²) in [6.07, 6.45) is 0.949. The first kappa shape index (κ1) is 9.03. The van der Waals surface area contributed by atoms with Crippen LogP contribution < -0.4 is 0 Å². The van der Waals surface area contributed by atoms with Gasteiger partial charge in [-0.1, -0.05) is 0 Å². The molecule has 1 rings (SSSR count). The van der Waals surface area contributed by atoms with E-state index in [4.69, 9.17) is 0 Å². The van der Waals surface area contributed by atoms with Gasteiger partial charge in [-0.3, -0.25) is 4.99 Å². The summed E-state index contributed by atoms with van der Waals surface area (Å²) in [5.41, 5.74) is 0. The molecule has 0 radical (unpaired) electrons. The number of rotatable bonds is 0. The smallest absolute Gasteiger partial charge is 0.221 e. The average Bonchev–Trinajstić information content (AvgIpc) is 2.04. The van der Waals surface area contributed by atoms with E-state index in [9.17, 15) is 0 Å². The second kappa shape index (κ2) is 3.56. The number of guanidine groups is 1. The normalized spacial score (nSPS) is 16.7. The zero-order valence-corrected chi connectivity index (χ0v) is 8.20. The van der Waals surface area contributed by atoms with Gasteiger partial charge in [-0.2, -0.15) is 0 Å². The van der Waals surface area contributed by atoms with Crippen molar-refractivity contribution in [3.8, 4) is 0 Å². The van der Waals surface area contributed by atoms with E-state index < -0.39 is 0 Å². The summed E-state index contributed by atoms with van der Waals surface area (Å²) in [7, 11) is 7.94. The van der Waals surface area contributed by atoms with E-state index in [1.54, 1.807) is 0 Å². The highest BCUT2D eigenvalue weighted by Crippen LogP contribution is 2.02. The van der Waals surface area contributed by atoms with Crippen molar-refractivity contribution >= 4 is 11.8 Å². The van der Waals surface area contributed by atoms with Crippen LogP contribution >= 0.6 is 0 Å². The van der Waals surface area contributed by atoms with Gasteiger partial charge in [-0.05, 0) is 0 Å². The Kier molecular flexibility index (Phi) is 2.68. The highest BCUT2D eigenvalue weighted by molar-refractivity contribution is 5.97. The van der Waals surface area contributed by atoms with Gasteiger partial charge in [-0.15, -0.1) is 0 Å². The minimum atomic E-state index is 0.824. The third-order valence-corrected chi connectivity index (χ3v) is 1.73. The number of hydrogen-bond donors (Lipinski definition) is 0. The van der Waals surface area contributed by atoms with Crippen molar-refractivity contribution in [1.82, 2.24) is 9.80 Å². The van der Waals surface area contributed by atoms with Gasteiger partial charge in [0.15, 0.2) is 0 Å². The summed E-state index contributed by atoms with van der Waals surface area (Å²) in [4.78, 5) is 12.7. The third-order valence-electron chi connectivity index (χ3n) is 1.73. The lowest BCUT2D eigenvalue weighted by Gasteiger charge is -2.21. The van der Waals surface area contributed by atoms with Gasteiger partial charge >= 0.3 is 0 Å². The summed E-state index contributed by atoms with van der Waals surface area (Å²) in [6.45, 7) is 0.852. The molecule has 0 unspecified atom stereocenters. The van der Waals surface area contributed by atoms with Gasteiger partial charge in [-0.25, -0.2) is 4.99 Å². The predicted octanol–water partition coefficient (Wildman–Crippen LogP) is 0.268. The van der Waals surface area contributed by atoms with Crippen LogP contribution in [0, 0.1) is 0 Å². The summed E-state index contributed by atoms with van der Waals surface area (Å²) >= 11 is 0. The van der Waals surface area contributed by atoms with Crippen LogP contribution in [0.2, 0.25) is 0 Å². The molecule has 0 aromatic rings. The summed E-state index contributed by atoms with van der Waals surface area (Å²) in [5.74, 6) is 1.93. The fourth-order valence-corrected chi connectivity index (χ4v) is 1.03. The first-order valence-corrected chi connectivity index (χ1v) is 4.08. The van der Waals surface area contributed by atoms with Crippen molar-refractivity contribution in [3.05, 3.63) is 0 Å². The summed E-state index contributed by atoms with van der Waals surface area (Å²) < 4.78 is 0. The molecule has 0 aromatic carbocycles. The molecule has 1 heterocycles. The molecule has 4 heteroatoms. The molecule has 0 amide bonds. The standard InChI is InChI=1S/C8H16N4/c1-11(2)7-5-6-9-8(10-7)12(3)4/h5-6H2,1-4H3. The molecule has 0 saturated carbocycles. The van der Waals surface area contributed by atoms with Crippen LogP contribution in [0.3, 0.4) is 0 Å². The molecule has 1 aliphatic heterocycles. The van der Waals surface area contributed by atoms with Crippen LogP contribution in [0.25, 0.3) is 0 Å². The van der Waals surface area contributed by atoms with Gasteiger partial charge in [0, 0.05) is 41.2 Å². The largest absolute Gasteiger partial charge is 0.366 e. The zero-order valence-electron chi connectivity index (χ0n) is 8.20. The van der Waals surface area contributed by atoms with Gasteiger partial charge in [0.05, 0.1) is 0 Å². The van der Waals surface area contributed by atoms with Gasteiger partial charge in [0.1, 0.15) is 5.84 Å². The van der Waals surface area contributed by atoms with Crippen molar-refractivity contribution in [2.24, 2.45) is 9.98 Å². The first-order valence-electron chi connectivity index (χ1n) is 4.08. The lowest BCUT2D eigenvalue weighted by Crippen LogP contribution is -2.31. The minimum absolute atomic E-state index is 0.824. The molecular weight excluding hydrogens is 152 g/mol. The highest BCUT2D eigenvalue weighted by Gasteiger charge is 2.10. The number of nitrogens with zero attached hydrogens (tertiary/aromatic N) is 4. The Morgan fingerprint density at radius 2 is 1.75 bits per heavy atom. The molecule has 1 aliphatic rings. The van der Waals surface area contributed by atoms with E-state index in [0.29, 0.717) is 0 Å². The van der Waals surface area contributed by atoms with Crippen molar-refractivity contribution in [2.45, 2.75) is 6.42 Å². The molecule has 0 atom stereocenters. The number of amidine groups is 1. The van der Waals surface area contributed by atoms with Crippen LogP contribution in [0.5, 0.6) is 0 Å². The molecular formula is C8H16N4. The van der Waals surface area contributed by atoms with Crippen LogP contribution in [0.15, 0.2) is 9.98 Å². The van der Waals surface area contributed by atoms with Gasteiger partial charge < -0.3 is 9.80 Å². The maximum Gasteiger partial charge on any atom is 0.221 e. The number of hydrogen-bond acceptors (Lipinski definition) is 4. The Morgan fingerprint density at radius 3 is 2.25 bits per heavy atom. The van der Waals surface area contributed by atoms with E-state index in [0.717, 1.165) is 24.8 Å². The quantitative estimate of drug-likeness (QED) is 0.520. The van der Waals surface area contributed by atoms with Crippen molar-refractivity contribution in [2.75, 3.05) is 34.7 Å². The van der Waals surface area contributed by atoms with Gasteiger partial charge in [0.25, 0.3) is 0 Å². The summed E-state index contributed by atoms with van der Waals surface area (Å²) in [6, 6.07) is 0. The Hall–Kier alpha value is -1.06. The maximum absolute atomic E-state index is 4.40. The maximum atomic E-state index is 4.40. The lowest BCUT2D eigenvalue weighted by atomic mass is 10.3. The van der Waals surface area contributed by atoms with Crippen molar-refractivity contribution in [3.63, 3.8) is 0 Å². The highest BCUT2D eigenvalue weighted by atomic mass is 15.3. The topological polar surface area (TPSA) is 31.2 Å². The molecule has 0 fully saturated rings. The fourth-order valence-electron chi connectivity index (χ4n) is 1.03. The summed E-state index contributed by atoms with van der Waals surface area (Å²) in [5, 5.41) is 0. The van der Waals surface area contributed by atoms with Crippen LogP contribution in [0.4, 0.5) is 0 Å². The molecule has 12 heavy (non-hydrogen) atoms. The predicted molar refractivity (Wildman–Crippen MR) is 51.7 cm³/mol. The monoisotopic (exact) mass is 168 g/mol. The van der Waals surface area contributed by atoms with E-state index in [1.807, 2.05) is 38.0 Å². The second-order valence-corrected chi connectivity index (χ2v) is 3.25.